The SMILES string of the molecule is CCOc1cncc(-c2cccc(C(N)CC)c2)c1. The summed E-state index contributed by atoms with van der Waals surface area (Å²) in [6.45, 7) is 4.70. The summed E-state index contributed by atoms with van der Waals surface area (Å²) in [6, 6.07) is 10.4. The standard InChI is InChI=1S/C16H20N2O/c1-3-16(17)13-7-5-6-12(8-13)14-9-15(19-4-2)11-18-10-14/h5-11,16H,3-4,17H2,1-2H3. The lowest BCUT2D eigenvalue weighted by Gasteiger charge is -2.11. The predicted octanol–water partition coefficient (Wildman–Crippen LogP) is 3.56. The van der Waals surface area contributed by atoms with E-state index in [0.29, 0.717) is 6.61 Å². The van der Waals surface area contributed by atoms with Gasteiger partial charge in [-0.25, -0.2) is 0 Å². The maximum atomic E-state index is 6.08. The lowest BCUT2D eigenvalue weighted by molar-refractivity contribution is 0.339. The molecule has 0 spiro atoms. The van der Waals surface area contributed by atoms with E-state index in [-0.39, 0.29) is 6.04 Å². The van der Waals surface area contributed by atoms with Crippen LogP contribution in [0.5, 0.6) is 5.75 Å². The fourth-order valence-corrected chi connectivity index (χ4v) is 2.01. The van der Waals surface area contributed by atoms with Gasteiger partial charge in [-0.2, -0.15) is 0 Å². The highest BCUT2D eigenvalue weighted by molar-refractivity contribution is 5.64. The smallest absolute Gasteiger partial charge is 0.138 e. The van der Waals surface area contributed by atoms with E-state index in [1.165, 1.54) is 0 Å². The molecule has 0 aliphatic heterocycles. The summed E-state index contributed by atoms with van der Waals surface area (Å²) in [4.78, 5) is 4.22. The number of nitrogens with zero attached hydrogens (tertiary/aromatic N) is 1. The monoisotopic (exact) mass is 256 g/mol. The van der Waals surface area contributed by atoms with E-state index in [2.05, 4.69) is 30.1 Å². The van der Waals surface area contributed by atoms with Gasteiger partial charge in [0.05, 0.1) is 12.8 Å². The second-order valence-corrected chi connectivity index (χ2v) is 4.48. The Hall–Kier alpha value is -1.87. The van der Waals surface area contributed by atoms with E-state index < -0.39 is 0 Å². The molecule has 0 saturated heterocycles. The first-order valence-corrected chi connectivity index (χ1v) is 6.68. The number of hydrogen-bond acceptors (Lipinski definition) is 3. The van der Waals surface area contributed by atoms with Gasteiger partial charge < -0.3 is 10.5 Å². The second kappa shape index (κ2) is 6.34. The fraction of sp³-hybridized carbons (Fsp3) is 0.312. The Labute approximate surface area is 114 Å². The average molecular weight is 256 g/mol. The van der Waals surface area contributed by atoms with Crippen molar-refractivity contribution in [2.45, 2.75) is 26.3 Å². The number of nitrogens with two attached hydrogens (primary N) is 1. The average Bonchev–Trinajstić information content (AvgIpc) is 2.47. The number of rotatable bonds is 5. The first kappa shape index (κ1) is 13.6. The van der Waals surface area contributed by atoms with Crippen molar-refractivity contribution in [2.75, 3.05) is 6.61 Å². The van der Waals surface area contributed by atoms with Crippen molar-refractivity contribution in [1.29, 1.82) is 0 Å². The molecule has 0 amide bonds. The summed E-state index contributed by atoms with van der Waals surface area (Å²) < 4.78 is 5.48. The van der Waals surface area contributed by atoms with Crippen molar-refractivity contribution in [1.82, 2.24) is 4.98 Å². The van der Waals surface area contributed by atoms with Gasteiger partial charge in [0.1, 0.15) is 5.75 Å². The van der Waals surface area contributed by atoms with Crippen molar-refractivity contribution < 1.29 is 4.74 Å². The topological polar surface area (TPSA) is 48.1 Å². The molecule has 1 aromatic heterocycles. The Bertz CT molecular complexity index is 540. The highest BCUT2D eigenvalue weighted by atomic mass is 16.5. The summed E-state index contributed by atoms with van der Waals surface area (Å²) in [5, 5.41) is 0. The Kier molecular flexibility index (Phi) is 4.53. The molecule has 1 atom stereocenters. The molecule has 0 aliphatic carbocycles. The van der Waals surface area contributed by atoms with E-state index in [9.17, 15) is 0 Å². The van der Waals surface area contributed by atoms with Crippen molar-refractivity contribution in [3.8, 4) is 16.9 Å². The lowest BCUT2D eigenvalue weighted by atomic mass is 9.99. The van der Waals surface area contributed by atoms with Crippen LogP contribution in [0.3, 0.4) is 0 Å². The van der Waals surface area contributed by atoms with Crippen LogP contribution in [0.2, 0.25) is 0 Å². The number of benzene rings is 1. The van der Waals surface area contributed by atoms with Gasteiger partial charge in [0.2, 0.25) is 0 Å². The van der Waals surface area contributed by atoms with E-state index in [0.717, 1.165) is 28.9 Å². The molecule has 2 rings (SSSR count). The first-order chi connectivity index (χ1) is 9.24. The van der Waals surface area contributed by atoms with Gasteiger partial charge in [0, 0.05) is 17.8 Å². The first-order valence-electron chi connectivity index (χ1n) is 6.68. The van der Waals surface area contributed by atoms with E-state index in [1.54, 1.807) is 6.20 Å². The number of hydrogen-bond donors (Lipinski definition) is 1. The van der Waals surface area contributed by atoms with Gasteiger partial charge in [-0.1, -0.05) is 25.1 Å². The summed E-state index contributed by atoms with van der Waals surface area (Å²) in [7, 11) is 0. The molecular formula is C16H20N2O. The van der Waals surface area contributed by atoms with Crippen LogP contribution in [-0.4, -0.2) is 11.6 Å². The van der Waals surface area contributed by atoms with Crippen molar-refractivity contribution in [3.05, 3.63) is 48.3 Å². The predicted molar refractivity (Wildman–Crippen MR) is 78.1 cm³/mol. The zero-order valence-corrected chi connectivity index (χ0v) is 11.5. The van der Waals surface area contributed by atoms with Crippen LogP contribution in [0.1, 0.15) is 31.9 Å². The van der Waals surface area contributed by atoms with Gasteiger partial charge in [-0.3, -0.25) is 4.98 Å². The molecule has 0 fully saturated rings. The molecule has 0 radical (unpaired) electrons. The maximum Gasteiger partial charge on any atom is 0.138 e. The Balaban J connectivity index is 2.33. The Morgan fingerprint density at radius 2 is 2.00 bits per heavy atom. The summed E-state index contributed by atoms with van der Waals surface area (Å²) in [5.74, 6) is 0.796. The minimum absolute atomic E-state index is 0.0861. The number of aromatic nitrogens is 1. The van der Waals surface area contributed by atoms with E-state index >= 15 is 0 Å². The van der Waals surface area contributed by atoms with Crippen LogP contribution >= 0.6 is 0 Å². The quantitative estimate of drug-likeness (QED) is 0.889. The van der Waals surface area contributed by atoms with Crippen LogP contribution < -0.4 is 10.5 Å². The zero-order valence-electron chi connectivity index (χ0n) is 11.5. The van der Waals surface area contributed by atoms with Gasteiger partial charge >= 0.3 is 0 Å². The summed E-state index contributed by atoms with van der Waals surface area (Å²) >= 11 is 0. The molecule has 2 aromatic rings. The Morgan fingerprint density at radius 1 is 1.16 bits per heavy atom. The highest BCUT2D eigenvalue weighted by Gasteiger charge is 2.06. The largest absolute Gasteiger partial charge is 0.492 e. The van der Waals surface area contributed by atoms with Crippen LogP contribution in [0, 0.1) is 0 Å². The van der Waals surface area contributed by atoms with Crippen molar-refractivity contribution >= 4 is 0 Å². The van der Waals surface area contributed by atoms with E-state index in [1.807, 2.05) is 25.3 Å². The normalized spacial score (nSPS) is 12.2. The molecule has 1 unspecified atom stereocenters. The molecule has 3 nitrogen and oxygen atoms in total. The van der Waals surface area contributed by atoms with Crippen LogP contribution in [0.4, 0.5) is 0 Å². The molecule has 0 bridgehead atoms. The molecule has 2 N–H and O–H groups in total. The van der Waals surface area contributed by atoms with Gasteiger partial charge in [-0.05, 0) is 36.6 Å². The van der Waals surface area contributed by atoms with Gasteiger partial charge in [0.15, 0.2) is 0 Å². The zero-order chi connectivity index (χ0) is 13.7. The Morgan fingerprint density at radius 3 is 2.74 bits per heavy atom. The third-order valence-corrected chi connectivity index (χ3v) is 3.11. The lowest BCUT2D eigenvalue weighted by Crippen LogP contribution is -2.08. The number of pyridine rings is 1. The molecule has 1 aromatic carbocycles. The van der Waals surface area contributed by atoms with Crippen molar-refractivity contribution in [2.24, 2.45) is 5.73 Å². The minimum atomic E-state index is 0.0861. The van der Waals surface area contributed by atoms with Crippen LogP contribution in [-0.2, 0) is 0 Å². The minimum Gasteiger partial charge on any atom is -0.492 e. The third-order valence-electron chi connectivity index (χ3n) is 3.11. The second-order valence-electron chi connectivity index (χ2n) is 4.48. The molecule has 1 heterocycles. The molecule has 100 valence electrons. The highest BCUT2D eigenvalue weighted by Crippen LogP contribution is 2.25. The summed E-state index contributed by atoms with van der Waals surface area (Å²) in [6.07, 6.45) is 4.51. The molecule has 0 aliphatic rings. The van der Waals surface area contributed by atoms with E-state index in [4.69, 9.17) is 10.5 Å². The van der Waals surface area contributed by atoms with Gasteiger partial charge in [-0.15, -0.1) is 0 Å². The van der Waals surface area contributed by atoms with Crippen molar-refractivity contribution in [3.63, 3.8) is 0 Å². The number of ether oxygens (including phenoxy) is 1. The third kappa shape index (κ3) is 3.32. The van der Waals surface area contributed by atoms with Crippen LogP contribution in [0.15, 0.2) is 42.7 Å². The summed E-state index contributed by atoms with van der Waals surface area (Å²) in [5.41, 5.74) is 9.41. The molecule has 19 heavy (non-hydrogen) atoms. The maximum absolute atomic E-state index is 6.08. The van der Waals surface area contributed by atoms with Crippen LogP contribution in [0.25, 0.3) is 11.1 Å². The molecular weight excluding hydrogens is 236 g/mol. The molecule has 0 saturated carbocycles. The molecule has 3 heteroatoms. The van der Waals surface area contributed by atoms with Gasteiger partial charge in [0.25, 0.3) is 0 Å². The fourth-order valence-electron chi connectivity index (χ4n) is 2.01.